The summed E-state index contributed by atoms with van der Waals surface area (Å²) in [4.78, 5) is 8.86. The first-order valence-electron chi connectivity index (χ1n) is 7.60. The van der Waals surface area contributed by atoms with Gasteiger partial charge in [-0.1, -0.05) is 18.2 Å². The van der Waals surface area contributed by atoms with Crippen LogP contribution in [0.25, 0.3) is 11.5 Å². The Hall–Kier alpha value is -1.92. The average Bonchev–Trinajstić information content (AvgIpc) is 2.97. The highest BCUT2D eigenvalue weighted by molar-refractivity contribution is 5.54. The number of piperazine rings is 1. The molecule has 1 fully saturated rings. The summed E-state index contributed by atoms with van der Waals surface area (Å²) in [6.07, 6.45) is 0. The molecule has 2 heterocycles. The number of rotatable bonds is 4. The van der Waals surface area contributed by atoms with E-state index in [-0.39, 0.29) is 0 Å². The molecule has 1 aliphatic rings. The van der Waals surface area contributed by atoms with Crippen molar-refractivity contribution in [2.75, 3.05) is 37.6 Å². The van der Waals surface area contributed by atoms with Gasteiger partial charge in [0.2, 0.25) is 0 Å². The van der Waals surface area contributed by atoms with Gasteiger partial charge < -0.3 is 14.5 Å². The van der Waals surface area contributed by atoms with Gasteiger partial charge in [-0.3, -0.25) is 4.90 Å². The third-order valence-electron chi connectivity index (χ3n) is 3.70. The number of hydrogen-bond acceptors (Lipinski definition) is 6. The van der Waals surface area contributed by atoms with E-state index in [0.717, 1.165) is 31.7 Å². The highest BCUT2D eigenvalue weighted by Crippen LogP contribution is 2.21. The molecule has 1 N–H and O–H groups in total. The van der Waals surface area contributed by atoms with Crippen molar-refractivity contribution in [3.8, 4) is 11.5 Å². The summed E-state index contributed by atoms with van der Waals surface area (Å²) in [5, 5.41) is 14.0. The first-order chi connectivity index (χ1) is 10.5. The molecule has 0 unspecified atom stereocenters. The van der Waals surface area contributed by atoms with Gasteiger partial charge in [0.05, 0.1) is 5.60 Å². The number of β-amino-alcohol motifs (C(OH)–C–C–N with tert-alkyl or cyclic N) is 1. The largest absolute Gasteiger partial charge is 0.389 e. The van der Waals surface area contributed by atoms with Gasteiger partial charge in [0.25, 0.3) is 11.8 Å². The summed E-state index contributed by atoms with van der Waals surface area (Å²) in [7, 11) is 0. The van der Waals surface area contributed by atoms with Gasteiger partial charge in [0, 0.05) is 38.3 Å². The number of anilines is 1. The minimum absolute atomic E-state index is 0.550. The fourth-order valence-corrected chi connectivity index (χ4v) is 2.70. The lowest BCUT2D eigenvalue weighted by molar-refractivity contribution is 0.0344. The van der Waals surface area contributed by atoms with Gasteiger partial charge >= 0.3 is 0 Å². The molecule has 2 aromatic rings. The first kappa shape index (κ1) is 15.0. The lowest BCUT2D eigenvalue weighted by atomic mass is 10.1. The molecule has 1 saturated heterocycles. The molecule has 22 heavy (non-hydrogen) atoms. The zero-order valence-corrected chi connectivity index (χ0v) is 13.1. The standard InChI is InChI=1S/C16H22N4O2/c1-16(2,21)12-19-8-10-20(11-9-19)15-17-14(22-18-15)13-6-4-3-5-7-13/h3-7,21H,8-12H2,1-2H3. The summed E-state index contributed by atoms with van der Waals surface area (Å²) >= 11 is 0. The molecule has 0 amide bonds. The van der Waals surface area contributed by atoms with Crippen LogP contribution in [0.15, 0.2) is 34.9 Å². The molecule has 3 rings (SSSR count). The van der Waals surface area contributed by atoms with E-state index < -0.39 is 5.60 Å². The van der Waals surface area contributed by atoms with Gasteiger partial charge in [-0.2, -0.15) is 4.98 Å². The lowest BCUT2D eigenvalue weighted by Crippen LogP contribution is -2.50. The summed E-state index contributed by atoms with van der Waals surface area (Å²) < 4.78 is 5.35. The first-order valence-corrected chi connectivity index (χ1v) is 7.60. The monoisotopic (exact) mass is 302 g/mol. The van der Waals surface area contributed by atoms with Crippen LogP contribution in [0.2, 0.25) is 0 Å². The Bertz CT molecular complexity index is 598. The van der Waals surface area contributed by atoms with Crippen molar-refractivity contribution in [3.05, 3.63) is 30.3 Å². The Labute approximate surface area is 130 Å². The molecular weight excluding hydrogens is 280 g/mol. The minimum atomic E-state index is -0.658. The van der Waals surface area contributed by atoms with Crippen molar-refractivity contribution in [2.24, 2.45) is 0 Å². The Morgan fingerprint density at radius 1 is 1.14 bits per heavy atom. The molecule has 0 bridgehead atoms. The number of nitrogens with zero attached hydrogens (tertiary/aromatic N) is 4. The van der Waals surface area contributed by atoms with Crippen LogP contribution in [0.5, 0.6) is 0 Å². The molecule has 0 radical (unpaired) electrons. The molecule has 118 valence electrons. The lowest BCUT2D eigenvalue weighted by Gasteiger charge is -2.36. The number of hydrogen-bond donors (Lipinski definition) is 1. The Morgan fingerprint density at radius 2 is 1.82 bits per heavy atom. The van der Waals surface area contributed by atoms with E-state index in [1.807, 2.05) is 44.2 Å². The SMILES string of the molecule is CC(C)(O)CN1CCN(c2noc(-c3ccccc3)n2)CC1. The maximum Gasteiger partial charge on any atom is 0.266 e. The predicted octanol–water partition coefficient (Wildman–Crippen LogP) is 1.63. The summed E-state index contributed by atoms with van der Waals surface area (Å²) in [6, 6.07) is 9.78. The zero-order valence-electron chi connectivity index (χ0n) is 13.1. The van der Waals surface area contributed by atoms with E-state index >= 15 is 0 Å². The second-order valence-corrected chi connectivity index (χ2v) is 6.34. The van der Waals surface area contributed by atoms with E-state index in [1.165, 1.54) is 0 Å². The van der Waals surface area contributed by atoms with E-state index in [1.54, 1.807) is 0 Å². The Kier molecular flexibility index (Phi) is 4.13. The van der Waals surface area contributed by atoms with Crippen LogP contribution in [0.3, 0.4) is 0 Å². The predicted molar refractivity (Wildman–Crippen MR) is 84.7 cm³/mol. The van der Waals surface area contributed by atoms with E-state index in [0.29, 0.717) is 18.4 Å². The van der Waals surface area contributed by atoms with Crippen LogP contribution in [0.1, 0.15) is 13.8 Å². The zero-order chi connectivity index (χ0) is 15.6. The molecule has 0 atom stereocenters. The highest BCUT2D eigenvalue weighted by Gasteiger charge is 2.24. The summed E-state index contributed by atoms with van der Waals surface area (Å²) in [5.41, 5.74) is 0.274. The maximum atomic E-state index is 9.89. The fraction of sp³-hybridized carbons (Fsp3) is 0.500. The number of aliphatic hydroxyl groups is 1. The van der Waals surface area contributed by atoms with Crippen LogP contribution >= 0.6 is 0 Å². The summed E-state index contributed by atoms with van der Waals surface area (Å²) in [6.45, 7) is 7.81. The smallest absolute Gasteiger partial charge is 0.266 e. The van der Waals surface area contributed by atoms with Gasteiger partial charge in [-0.15, -0.1) is 0 Å². The third-order valence-corrected chi connectivity index (χ3v) is 3.70. The van der Waals surface area contributed by atoms with Crippen LogP contribution in [-0.2, 0) is 0 Å². The van der Waals surface area contributed by atoms with Crippen molar-refractivity contribution >= 4 is 5.95 Å². The number of benzene rings is 1. The van der Waals surface area contributed by atoms with E-state index in [4.69, 9.17) is 4.52 Å². The van der Waals surface area contributed by atoms with Crippen LogP contribution in [0.4, 0.5) is 5.95 Å². The van der Waals surface area contributed by atoms with Crippen molar-refractivity contribution in [1.82, 2.24) is 15.0 Å². The van der Waals surface area contributed by atoms with Gasteiger partial charge in [-0.25, -0.2) is 0 Å². The van der Waals surface area contributed by atoms with Gasteiger partial charge in [0.15, 0.2) is 0 Å². The fourth-order valence-electron chi connectivity index (χ4n) is 2.70. The van der Waals surface area contributed by atoms with Crippen molar-refractivity contribution in [3.63, 3.8) is 0 Å². The van der Waals surface area contributed by atoms with Gasteiger partial charge in [-0.05, 0) is 31.1 Å². The molecule has 6 nitrogen and oxygen atoms in total. The van der Waals surface area contributed by atoms with Crippen LogP contribution in [0, 0.1) is 0 Å². The van der Waals surface area contributed by atoms with Crippen molar-refractivity contribution < 1.29 is 9.63 Å². The molecule has 1 aliphatic heterocycles. The van der Waals surface area contributed by atoms with E-state index in [9.17, 15) is 5.11 Å². The Balaban J connectivity index is 1.62. The summed E-state index contributed by atoms with van der Waals surface area (Å²) in [5.74, 6) is 1.19. The molecule has 0 spiro atoms. The second kappa shape index (κ2) is 6.06. The van der Waals surface area contributed by atoms with E-state index in [2.05, 4.69) is 19.9 Å². The maximum absolute atomic E-state index is 9.89. The second-order valence-electron chi connectivity index (χ2n) is 6.34. The van der Waals surface area contributed by atoms with Crippen molar-refractivity contribution in [2.45, 2.75) is 19.4 Å². The van der Waals surface area contributed by atoms with Crippen LogP contribution < -0.4 is 4.90 Å². The van der Waals surface area contributed by atoms with Crippen molar-refractivity contribution in [1.29, 1.82) is 0 Å². The molecule has 1 aromatic heterocycles. The average molecular weight is 302 g/mol. The third kappa shape index (κ3) is 3.64. The molecule has 0 aliphatic carbocycles. The number of aromatic nitrogens is 2. The van der Waals surface area contributed by atoms with Crippen LogP contribution in [-0.4, -0.2) is 58.5 Å². The normalized spacial score (nSPS) is 17.0. The topological polar surface area (TPSA) is 65.6 Å². The molecule has 6 heteroatoms. The highest BCUT2D eigenvalue weighted by atomic mass is 16.5. The minimum Gasteiger partial charge on any atom is -0.389 e. The molecule has 1 aromatic carbocycles. The quantitative estimate of drug-likeness (QED) is 0.926. The Morgan fingerprint density at radius 3 is 2.45 bits per heavy atom. The molecule has 0 saturated carbocycles. The van der Waals surface area contributed by atoms with Gasteiger partial charge in [0.1, 0.15) is 0 Å². The molecular formula is C16H22N4O2.